The van der Waals surface area contributed by atoms with Gasteiger partial charge in [0.15, 0.2) is 11.6 Å². The molecule has 51 heavy (non-hydrogen) atoms. The molecule has 0 radical (unpaired) electrons. The maximum Gasteiger partial charge on any atom is 0.418 e. The average molecular weight is 715 g/mol. The second-order valence-electron chi connectivity index (χ2n) is 15.0. The maximum atomic E-state index is 17.1. The maximum absolute atomic E-state index is 17.1. The molecule has 8 rings (SSSR count). The Balaban J connectivity index is 1.30. The molecule has 4 aliphatic rings. The largest absolute Gasteiger partial charge is 0.492 e. The van der Waals surface area contributed by atoms with E-state index < -0.39 is 62.9 Å². The molecule has 2 aromatic heterocycles. The molecule has 2 aliphatic carbocycles. The molecule has 4 aromatic rings. The van der Waals surface area contributed by atoms with Gasteiger partial charge < -0.3 is 16.2 Å². The SMILES string of the molecule is Cc1c(F)c(N)nc(-c2cc3c4c(cc(OC[C@@]56CCCN5C[C@]5(CC5(F)F)C6)cc4c2F)C([C@@H](C)c2nccnc2N)CCC3)c1C(F)(F)F. The van der Waals surface area contributed by atoms with Crippen LogP contribution in [0.15, 0.2) is 30.6 Å². The lowest BCUT2D eigenvalue weighted by atomic mass is 9.80. The molecule has 3 fully saturated rings. The zero-order valence-electron chi connectivity index (χ0n) is 28.1. The van der Waals surface area contributed by atoms with Crippen molar-refractivity contribution < 1.29 is 35.5 Å². The molecule has 270 valence electrons. The number of aromatic nitrogens is 3. The molecule has 1 spiro atoms. The first-order valence-electron chi connectivity index (χ1n) is 17.2. The van der Waals surface area contributed by atoms with E-state index in [4.69, 9.17) is 16.2 Å². The summed E-state index contributed by atoms with van der Waals surface area (Å²) in [6, 6.07) is 4.66. The summed E-state index contributed by atoms with van der Waals surface area (Å²) in [5.41, 5.74) is 8.71. The van der Waals surface area contributed by atoms with Gasteiger partial charge in [-0.2, -0.15) is 13.2 Å². The quantitative estimate of drug-likeness (QED) is 0.194. The van der Waals surface area contributed by atoms with Gasteiger partial charge in [-0.1, -0.05) is 6.92 Å². The number of ether oxygens (including phenoxy) is 1. The molecule has 0 bridgehead atoms. The van der Waals surface area contributed by atoms with Gasteiger partial charge in [0.25, 0.3) is 5.92 Å². The van der Waals surface area contributed by atoms with Crippen molar-refractivity contribution in [3.8, 4) is 17.0 Å². The number of anilines is 2. The van der Waals surface area contributed by atoms with Gasteiger partial charge in [-0.3, -0.25) is 9.88 Å². The number of rotatable bonds is 6. The number of halogens is 7. The summed E-state index contributed by atoms with van der Waals surface area (Å²) in [5, 5.41) is 0.535. The van der Waals surface area contributed by atoms with Gasteiger partial charge in [0.1, 0.15) is 24.0 Å². The van der Waals surface area contributed by atoms with E-state index in [2.05, 4.69) is 19.9 Å². The lowest BCUT2D eigenvalue weighted by Crippen LogP contribution is -2.43. The van der Waals surface area contributed by atoms with Crippen LogP contribution in [0.2, 0.25) is 0 Å². The van der Waals surface area contributed by atoms with Crippen molar-refractivity contribution >= 4 is 22.4 Å². The van der Waals surface area contributed by atoms with Gasteiger partial charge >= 0.3 is 6.18 Å². The van der Waals surface area contributed by atoms with Crippen LogP contribution in [0.5, 0.6) is 5.75 Å². The highest BCUT2D eigenvalue weighted by atomic mass is 19.4. The van der Waals surface area contributed by atoms with Crippen LogP contribution in [0, 0.1) is 24.0 Å². The second-order valence-corrected chi connectivity index (χ2v) is 15.0. The minimum atomic E-state index is -5.06. The van der Waals surface area contributed by atoms with Gasteiger partial charge in [-0.05, 0) is 92.6 Å². The predicted octanol–water partition coefficient (Wildman–Crippen LogP) is 8.33. The Labute approximate surface area is 289 Å². The number of nitrogens with zero attached hydrogens (tertiary/aromatic N) is 4. The van der Waals surface area contributed by atoms with E-state index in [1.807, 2.05) is 13.0 Å². The van der Waals surface area contributed by atoms with Crippen LogP contribution < -0.4 is 16.2 Å². The fourth-order valence-electron chi connectivity index (χ4n) is 9.37. The molecule has 7 nitrogen and oxygen atoms in total. The zero-order valence-corrected chi connectivity index (χ0v) is 28.1. The Hall–Kier alpha value is -4.20. The average Bonchev–Trinajstić information content (AvgIpc) is 3.27. The zero-order chi connectivity index (χ0) is 36.2. The van der Waals surface area contributed by atoms with Crippen LogP contribution in [0.4, 0.5) is 42.4 Å². The first-order chi connectivity index (χ1) is 24.1. The number of benzene rings is 2. The lowest BCUT2D eigenvalue weighted by Gasteiger charge is -2.32. The summed E-state index contributed by atoms with van der Waals surface area (Å²) in [7, 11) is 0. The van der Waals surface area contributed by atoms with Crippen LogP contribution >= 0.6 is 0 Å². The van der Waals surface area contributed by atoms with E-state index in [9.17, 15) is 26.3 Å². The van der Waals surface area contributed by atoms with Crippen LogP contribution in [0.25, 0.3) is 22.0 Å². The summed E-state index contributed by atoms with van der Waals surface area (Å²) >= 11 is 0. The Kier molecular flexibility index (Phi) is 7.58. The molecule has 2 saturated heterocycles. The van der Waals surface area contributed by atoms with Gasteiger partial charge in [0.2, 0.25) is 0 Å². The van der Waals surface area contributed by atoms with E-state index in [1.165, 1.54) is 18.3 Å². The molecule has 4 N–H and O–H groups in total. The number of alkyl halides is 5. The van der Waals surface area contributed by atoms with Crippen molar-refractivity contribution in [3.05, 3.63) is 70.2 Å². The molecular formula is C37H37F7N6O. The van der Waals surface area contributed by atoms with Gasteiger partial charge in [-0.25, -0.2) is 27.5 Å². The second kappa shape index (κ2) is 11.4. The van der Waals surface area contributed by atoms with Crippen molar-refractivity contribution in [1.29, 1.82) is 0 Å². The van der Waals surface area contributed by atoms with Crippen molar-refractivity contribution in [2.45, 2.75) is 88.3 Å². The van der Waals surface area contributed by atoms with E-state index >= 15 is 4.39 Å². The molecule has 1 saturated carbocycles. The van der Waals surface area contributed by atoms with Crippen LogP contribution in [-0.2, 0) is 12.6 Å². The van der Waals surface area contributed by atoms with Gasteiger partial charge in [-0.15, -0.1) is 0 Å². The van der Waals surface area contributed by atoms with Crippen LogP contribution in [-0.4, -0.2) is 51.0 Å². The van der Waals surface area contributed by atoms with Crippen molar-refractivity contribution in [2.75, 3.05) is 31.2 Å². The summed E-state index contributed by atoms with van der Waals surface area (Å²) in [5.74, 6) is -5.85. The number of pyridine rings is 1. The highest BCUT2D eigenvalue weighted by molar-refractivity contribution is 5.95. The molecule has 4 heterocycles. The molecule has 2 aromatic carbocycles. The fraction of sp³-hybridized carbons (Fsp3) is 0.486. The molecule has 0 amide bonds. The Morgan fingerprint density at radius 2 is 1.76 bits per heavy atom. The Morgan fingerprint density at radius 1 is 1.02 bits per heavy atom. The summed E-state index contributed by atoms with van der Waals surface area (Å²) in [6.45, 7) is 3.96. The Bertz CT molecular complexity index is 2090. The van der Waals surface area contributed by atoms with Crippen LogP contribution in [0.1, 0.15) is 85.2 Å². The molecule has 1 unspecified atom stereocenters. The predicted molar refractivity (Wildman–Crippen MR) is 177 cm³/mol. The van der Waals surface area contributed by atoms with E-state index in [-0.39, 0.29) is 41.8 Å². The summed E-state index contributed by atoms with van der Waals surface area (Å²) < 4.78 is 111. The normalized spacial score (nSPS) is 26.0. The molecular weight excluding hydrogens is 677 g/mol. The lowest BCUT2D eigenvalue weighted by molar-refractivity contribution is -0.137. The first kappa shape index (κ1) is 33.9. The van der Waals surface area contributed by atoms with Gasteiger partial charge in [0, 0.05) is 47.8 Å². The number of hydrogen-bond acceptors (Lipinski definition) is 7. The fourth-order valence-corrected chi connectivity index (χ4v) is 9.37. The molecule has 2 aliphatic heterocycles. The molecule has 14 heteroatoms. The number of aryl methyl sites for hydroxylation is 1. The Morgan fingerprint density at radius 3 is 2.47 bits per heavy atom. The highest BCUT2D eigenvalue weighted by Gasteiger charge is 2.77. The van der Waals surface area contributed by atoms with Crippen molar-refractivity contribution in [1.82, 2.24) is 19.9 Å². The van der Waals surface area contributed by atoms with E-state index in [0.29, 0.717) is 67.4 Å². The third-order valence-corrected chi connectivity index (χ3v) is 12.0. The standard InChI is InChI=1S/C37H37F7N6O/c1-18(30-33(46)48-9-8-47-30)22-6-3-5-20-11-25(31-27(37(42,43)44)19(2)28(38)32(45)49-31)29(39)24-13-21(12-23(22)26(20)24)51-17-35-7-4-10-50(35)16-34(14-35)15-36(34,40)41/h8-9,11-13,18,22H,3-7,10,14-17H2,1-2H3,(H2,45,49)(H2,46,48)/t18-,22?,34-,35+/m1/s1. The number of nitrogen functional groups attached to an aromatic ring is 2. The minimum absolute atomic E-state index is 0.00842. The molecule has 4 atom stereocenters. The van der Waals surface area contributed by atoms with E-state index in [1.54, 1.807) is 6.20 Å². The summed E-state index contributed by atoms with van der Waals surface area (Å²) in [4.78, 5) is 14.6. The number of fused-ring (bicyclic) bond motifs is 1. The van der Waals surface area contributed by atoms with Crippen molar-refractivity contribution in [2.24, 2.45) is 5.41 Å². The smallest absolute Gasteiger partial charge is 0.418 e. The first-order valence-corrected chi connectivity index (χ1v) is 17.2. The van der Waals surface area contributed by atoms with E-state index in [0.717, 1.165) is 13.3 Å². The third-order valence-electron chi connectivity index (χ3n) is 12.0. The number of hydrogen-bond donors (Lipinski definition) is 2. The third kappa shape index (κ3) is 5.22. The highest BCUT2D eigenvalue weighted by Crippen LogP contribution is 2.69. The van der Waals surface area contributed by atoms with Gasteiger partial charge in [0.05, 0.1) is 27.9 Å². The monoisotopic (exact) mass is 714 g/mol. The van der Waals surface area contributed by atoms with Crippen LogP contribution in [0.3, 0.4) is 0 Å². The van der Waals surface area contributed by atoms with Crippen molar-refractivity contribution in [3.63, 3.8) is 0 Å². The summed E-state index contributed by atoms with van der Waals surface area (Å²) in [6.07, 6.45) is 1.22. The topological polar surface area (TPSA) is 103 Å². The number of nitrogens with two attached hydrogens (primary N) is 2. The minimum Gasteiger partial charge on any atom is -0.492 e.